The molecule has 0 saturated carbocycles. The Morgan fingerprint density at radius 2 is 2.00 bits per heavy atom. The second-order valence-electron chi connectivity index (χ2n) is 4.03. The van der Waals surface area contributed by atoms with Crippen LogP contribution in [0.15, 0.2) is 0 Å². The van der Waals surface area contributed by atoms with Gasteiger partial charge in [0, 0.05) is 25.9 Å². The number of aromatic nitrogens is 2. The minimum Gasteiger partial charge on any atom is -0.469 e. The number of methoxy groups -OCH3 is 1. The van der Waals surface area contributed by atoms with E-state index in [1.807, 2.05) is 13.8 Å². The second-order valence-corrected chi connectivity index (χ2v) is 5.10. The van der Waals surface area contributed by atoms with Crippen molar-refractivity contribution >= 4 is 28.5 Å². The summed E-state index contributed by atoms with van der Waals surface area (Å²) in [6.07, 6.45) is 1.66. The Labute approximate surface area is 122 Å². The number of amides is 2. The van der Waals surface area contributed by atoms with E-state index in [1.54, 1.807) is 4.90 Å². The molecule has 1 heterocycles. The molecule has 8 heteroatoms. The summed E-state index contributed by atoms with van der Waals surface area (Å²) in [5.74, 6) is -0.232. The number of carbonyl (C=O) groups is 2. The molecule has 1 aromatic rings. The van der Waals surface area contributed by atoms with Gasteiger partial charge in [0.05, 0.1) is 7.11 Å². The van der Waals surface area contributed by atoms with Crippen molar-refractivity contribution in [2.75, 3.05) is 25.5 Å². The molecular formula is C12H20N4O3S. The number of rotatable bonds is 7. The predicted molar refractivity (Wildman–Crippen MR) is 76.8 cm³/mol. The fourth-order valence-corrected chi connectivity index (χ4v) is 2.34. The molecule has 0 spiro atoms. The first-order valence-corrected chi connectivity index (χ1v) is 7.37. The molecule has 0 unspecified atom stereocenters. The molecule has 2 amide bonds. The third-order valence-corrected chi connectivity index (χ3v) is 3.63. The fourth-order valence-electron chi connectivity index (χ4n) is 1.57. The molecule has 0 radical (unpaired) electrons. The number of anilines is 1. The molecule has 0 saturated heterocycles. The lowest BCUT2D eigenvalue weighted by atomic mass is 10.2. The summed E-state index contributed by atoms with van der Waals surface area (Å²) in [5.41, 5.74) is 0. The number of esters is 1. The average Bonchev–Trinajstić information content (AvgIpc) is 2.87. The standard InChI is InChI=1S/C12H20N4O3S/c1-4-16(5-2)12(18)13-11-15-14-9(20-11)7-6-8-10(17)19-3/h4-8H2,1-3H3,(H,13,15,18). The molecule has 0 fully saturated rings. The predicted octanol–water partition coefficient (Wildman–Crippen LogP) is 1.91. The van der Waals surface area contributed by atoms with E-state index in [1.165, 1.54) is 18.4 Å². The van der Waals surface area contributed by atoms with Crippen LogP contribution in [0.3, 0.4) is 0 Å². The largest absolute Gasteiger partial charge is 0.469 e. The van der Waals surface area contributed by atoms with Crippen LogP contribution in [0.25, 0.3) is 0 Å². The fraction of sp³-hybridized carbons (Fsp3) is 0.667. The Hall–Kier alpha value is -1.70. The van der Waals surface area contributed by atoms with E-state index in [0.717, 1.165) is 5.01 Å². The number of ether oxygens (including phenoxy) is 1. The summed E-state index contributed by atoms with van der Waals surface area (Å²) in [4.78, 5) is 24.5. The third-order valence-electron chi connectivity index (χ3n) is 2.73. The van der Waals surface area contributed by atoms with E-state index in [2.05, 4.69) is 20.3 Å². The monoisotopic (exact) mass is 300 g/mol. The Morgan fingerprint density at radius 1 is 1.30 bits per heavy atom. The molecule has 1 rings (SSSR count). The maximum absolute atomic E-state index is 11.8. The molecule has 0 aromatic carbocycles. The molecule has 7 nitrogen and oxygen atoms in total. The second kappa shape index (κ2) is 8.47. The Morgan fingerprint density at radius 3 is 2.60 bits per heavy atom. The summed E-state index contributed by atoms with van der Waals surface area (Å²) in [6.45, 7) is 5.13. The van der Waals surface area contributed by atoms with Crippen LogP contribution in [-0.4, -0.2) is 47.3 Å². The number of nitrogens with one attached hydrogen (secondary N) is 1. The van der Waals surface area contributed by atoms with Crippen molar-refractivity contribution in [1.82, 2.24) is 15.1 Å². The van der Waals surface area contributed by atoms with Crippen molar-refractivity contribution in [2.24, 2.45) is 0 Å². The third kappa shape index (κ3) is 5.12. The Kier molecular flexibility index (Phi) is 6.92. The van der Waals surface area contributed by atoms with Gasteiger partial charge in [-0.05, 0) is 20.3 Å². The minimum atomic E-state index is -0.232. The number of nitrogens with zero attached hydrogens (tertiary/aromatic N) is 3. The van der Waals surface area contributed by atoms with Gasteiger partial charge < -0.3 is 9.64 Å². The van der Waals surface area contributed by atoms with Gasteiger partial charge in [0.1, 0.15) is 5.01 Å². The molecule has 20 heavy (non-hydrogen) atoms. The van der Waals surface area contributed by atoms with Gasteiger partial charge >= 0.3 is 12.0 Å². The summed E-state index contributed by atoms with van der Waals surface area (Å²) < 4.78 is 4.56. The van der Waals surface area contributed by atoms with Crippen LogP contribution in [0.1, 0.15) is 31.7 Å². The highest BCUT2D eigenvalue weighted by Crippen LogP contribution is 2.17. The van der Waals surface area contributed by atoms with Gasteiger partial charge in [-0.15, -0.1) is 10.2 Å². The molecular weight excluding hydrogens is 280 g/mol. The van der Waals surface area contributed by atoms with Crippen molar-refractivity contribution < 1.29 is 14.3 Å². The number of urea groups is 1. The van der Waals surface area contributed by atoms with Gasteiger partial charge in [0.15, 0.2) is 0 Å². The van der Waals surface area contributed by atoms with E-state index in [0.29, 0.717) is 37.5 Å². The maximum Gasteiger partial charge on any atom is 0.323 e. The van der Waals surface area contributed by atoms with Crippen LogP contribution >= 0.6 is 11.3 Å². The number of hydrogen-bond acceptors (Lipinski definition) is 6. The molecule has 0 aliphatic heterocycles. The number of hydrogen-bond donors (Lipinski definition) is 1. The van der Waals surface area contributed by atoms with Gasteiger partial charge in [-0.1, -0.05) is 11.3 Å². The van der Waals surface area contributed by atoms with Gasteiger partial charge in [-0.25, -0.2) is 4.79 Å². The van der Waals surface area contributed by atoms with Crippen LogP contribution in [0, 0.1) is 0 Å². The number of carbonyl (C=O) groups excluding carboxylic acids is 2. The molecule has 1 aromatic heterocycles. The van der Waals surface area contributed by atoms with E-state index in [-0.39, 0.29) is 12.0 Å². The summed E-state index contributed by atoms with van der Waals surface area (Å²) in [7, 11) is 1.37. The van der Waals surface area contributed by atoms with Crippen LogP contribution in [-0.2, 0) is 16.0 Å². The summed E-state index contributed by atoms with van der Waals surface area (Å²) in [6, 6.07) is -0.174. The van der Waals surface area contributed by atoms with Crippen molar-refractivity contribution in [3.63, 3.8) is 0 Å². The first-order chi connectivity index (χ1) is 9.60. The first kappa shape index (κ1) is 16.4. The van der Waals surface area contributed by atoms with Gasteiger partial charge in [0.2, 0.25) is 5.13 Å². The van der Waals surface area contributed by atoms with Gasteiger partial charge in [0.25, 0.3) is 0 Å². The van der Waals surface area contributed by atoms with Crippen LogP contribution in [0.2, 0.25) is 0 Å². The summed E-state index contributed by atoms with van der Waals surface area (Å²) >= 11 is 1.33. The SMILES string of the molecule is CCN(CC)C(=O)Nc1nnc(CCCC(=O)OC)s1. The molecule has 1 N–H and O–H groups in total. The van der Waals surface area contributed by atoms with Crippen LogP contribution < -0.4 is 5.32 Å². The lowest BCUT2D eigenvalue weighted by Crippen LogP contribution is -2.34. The van der Waals surface area contributed by atoms with Crippen LogP contribution in [0.4, 0.5) is 9.93 Å². The molecule has 0 aliphatic carbocycles. The minimum absolute atomic E-state index is 0.174. The average molecular weight is 300 g/mol. The zero-order chi connectivity index (χ0) is 15.0. The number of aryl methyl sites for hydroxylation is 1. The first-order valence-electron chi connectivity index (χ1n) is 6.55. The van der Waals surface area contributed by atoms with E-state index < -0.39 is 0 Å². The molecule has 0 bridgehead atoms. The lowest BCUT2D eigenvalue weighted by molar-refractivity contribution is -0.140. The van der Waals surface area contributed by atoms with Crippen molar-refractivity contribution in [3.8, 4) is 0 Å². The van der Waals surface area contributed by atoms with E-state index in [9.17, 15) is 9.59 Å². The van der Waals surface area contributed by atoms with Crippen LogP contribution in [0.5, 0.6) is 0 Å². The zero-order valence-electron chi connectivity index (χ0n) is 12.0. The van der Waals surface area contributed by atoms with Gasteiger partial charge in [-0.2, -0.15) is 0 Å². The zero-order valence-corrected chi connectivity index (χ0v) is 12.8. The topological polar surface area (TPSA) is 84.4 Å². The maximum atomic E-state index is 11.8. The highest BCUT2D eigenvalue weighted by atomic mass is 32.1. The Bertz CT molecular complexity index is 446. The van der Waals surface area contributed by atoms with Crippen molar-refractivity contribution in [3.05, 3.63) is 5.01 Å². The normalized spacial score (nSPS) is 10.2. The highest BCUT2D eigenvalue weighted by molar-refractivity contribution is 7.15. The molecule has 112 valence electrons. The summed E-state index contributed by atoms with van der Waals surface area (Å²) in [5, 5.41) is 11.9. The van der Waals surface area contributed by atoms with E-state index in [4.69, 9.17) is 0 Å². The highest BCUT2D eigenvalue weighted by Gasteiger charge is 2.12. The quantitative estimate of drug-likeness (QED) is 0.778. The smallest absolute Gasteiger partial charge is 0.323 e. The Balaban J connectivity index is 2.43. The lowest BCUT2D eigenvalue weighted by Gasteiger charge is -2.17. The molecule has 0 aliphatic rings. The van der Waals surface area contributed by atoms with Crippen molar-refractivity contribution in [1.29, 1.82) is 0 Å². The molecule has 0 atom stereocenters. The van der Waals surface area contributed by atoms with Crippen molar-refractivity contribution in [2.45, 2.75) is 33.1 Å². The van der Waals surface area contributed by atoms with E-state index >= 15 is 0 Å². The van der Waals surface area contributed by atoms with Gasteiger partial charge in [-0.3, -0.25) is 10.1 Å².